The molecule has 0 aliphatic carbocycles. The SMILES string of the molecule is O=C(O)c1ccc(C(=O)NCCn2ccnn2)o1. The first-order chi connectivity index (χ1) is 8.66. The maximum absolute atomic E-state index is 11.6. The maximum atomic E-state index is 11.6. The molecule has 2 heterocycles. The summed E-state index contributed by atoms with van der Waals surface area (Å²) in [6.45, 7) is 0.809. The van der Waals surface area contributed by atoms with Gasteiger partial charge in [-0.1, -0.05) is 5.21 Å². The lowest BCUT2D eigenvalue weighted by molar-refractivity contribution is 0.0659. The van der Waals surface area contributed by atoms with Crippen molar-refractivity contribution in [2.24, 2.45) is 0 Å². The molecule has 2 rings (SSSR count). The van der Waals surface area contributed by atoms with Crippen LogP contribution in [0.1, 0.15) is 21.1 Å². The number of amides is 1. The molecule has 94 valence electrons. The van der Waals surface area contributed by atoms with Crippen LogP contribution in [0.15, 0.2) is 28.9 Å². The molecule has 0 spiro atoms. The van der Waals surface area contributed by atoms with Crippen LogP contribution in [-0.4, -0.2) is 38.5 Å². The molecule has 2 aromatic heterocycles. The van der Waals surface area contributed by atoms with Gasteiger partial charge >= 0.3 is 5.97 Å². The Kier molecular flexibility index (Phi) is 3.37. The van der Waals surface area contributed by atoms with Gasteiger partial charge < -0.3 is 14.8 Å². The van der Waals surface area contributed by atoms with Crippen LogP contribution >= 0.6 is 0 Å². The van der Waals surface area contributed by atoms with Crippen LogP contribution in [0, 0.1) is 0 Å². The summed E-state index contributed by atoms with van der Waals surface area (Å²) in [5, 5.41) is 18.6. The van der Waals surface area contributed by atoms with E-state index in [2.05, 4.69) is 15.6 Å². The lowest BCUT2D eigenvalue weighted by Crippen LogP contribution is -2.27. The number of hydrogen-bond donors (Lipinski definition) is 2. The molecule has 0 bridgehead atoms. The van der Waals surface area contributed by atoms with E-state index in [4.69, 9.17) is 9.52 Å². The van der Waals surface area contributed by atoms with Gasteiger partial charge in [0.2, 0.25) is 5.76 Å². The van der Waals surface area contributed by atoms with E-state index in [1.165, 1.54) is 18.3 Å². The molecular weight excluding hydrogens is 240 g/mol. The maximum Gasteiger partial charge on any atom is 0.371 e. The van der Waals surface area contributed by atoms with Gasteiger partial charge in [-0.05, 0) is 12.1 Å². The minimum Gasteiger partial charge on any atom is -0.475 e. The number of carbonyl (C=O) groups excluding carboxylic acids is 1. The zero-order valence-corrected chi connectivity index (χ0v) is 9.24. The summed E-state index contributed by atoms with van der Waals surface area (Å²) in [7, 11) is 0. The third-order valence-electron chi connectivity index (χ3n) is 2.14. The van der Waals surface area contributed by atoms with E-state index in [0.29, 0.717) is 13.1 Å². The van der Waals surface area contributed by atoms with E-state index in [0.717, 1.165) is 0 Å². The number of carboxylic acids is 1. The first-order valence-electron chi connectivity index (χ1n) is 5.12. The summed E-state index contributed by atoms with van der Waals surface area (Å²) in [6, 6.07) is 2.54. The van der Waals surface area contributed by atoms with Crippen LogP contribution in [0.2, 0.25) is 0 Å². The van der Waals surface area contributed by atoms with Gasteiger partial charge in [0.25, 0.3) is 5.91 Å². The smallest absolute Gasteiger partial charge is 0.371 e. The third-order valence-corrected chi connectivity index (χ3v) is 2.14. The van der Waals surface area contributed by atoms with Gasteiger partial charge in [-0.3, -0.25) is 9.48 Å². The summed E-state index contributed by atoms with van der Waals surface area (Å²) >= 11 is 0. The van der Waals surface area contributed by atoms with Gasteiger partial charge in [0.1, 0.15) is 0 Å². The first-order valence-corrected chi connectivity index (χ1v) is 5.12. The molecule has 0 aromatic carbocycles. The molecule has 0 atom stereocenters. The zero-order valence-electron chi connectivity index (χ0n) is 9.24. The van der Waals surface area contributed by atoms with Gasteiger partial charge in [-0.2, -0.15) is 0 Å². The fraction of sp³-hybridized carbons (Fsp3) is 0.200. The van der Waals surface area contributed by atoms with E-state index in [1.54, 1.807) is 10.9 Å². The number of nitrogens with zero attached hydrogens (tertiary/aromatic N) is 3. The van der Waals surface area contributed by atoms with E-state index in [1.807, 2.05) is 0 Å². The largest absolute Gasteiger partial charge is 0.475 e. The summed E-state index contributed by atoms with van der Waals surface area (Å²) in [5.41, 5.74) is 0. The van der Waals surface area contributed by atoms with Crippen LogP contribution in [0.25, 0.3) is 0 Å². The molecule has 0 unspecified atom stereocenters. The Hall–Kier alpha value is -2.64. The van der Waals surface area contributed by atoms with Gasteiger partial charge in [0.05, 0.1) is 12.7 Å². The normalized spacial score (nSPS) is 10.2. The lowest BCUT2D eigenvalue weighted by Gasteiger charge is -2.02. The quantitative estimate of drug-likeness (QED) is 0.772. The predicted molar refractivity (Wildman–Crippen MR) is 58.0 cm³/mol. The van der Waals surface area contributed by atoms with Crippen LogP contribution in [-0.2, 0) is 6.54 Å². The summed E-state index contributed by atoms with van der Waals surface area (Å²) in [4.78, 5) is 22.1. The van der Waals surface area contributed by atoms with Crippen molar-refractivity contribution in [2.75, 3.05) is 6.54 Å². The predicted octanol–water partition coefficient (Wildman–Crippen LogP) is -0.000700. The van der Waals surface area contributed by atoms with E-state index >= 15 is 0 Å². The minimum atomic E-state index is -1.21. The molecule has 0 fully saturated rings. The molecule has 0 aliphatic heterocycles. The van der Waals surface area contributed by atoms with Crippen molar-refractivity contribution in [2.45, 2.75) is 6.54 Å². The first kappa shape index (κ1) is 11.8. The second-order valence-corrected chi connectivity index (χ2v) is 3.39. The third kappa shape index (κ3) is 2.73. The molecule has 2 N–H and O–H groups in total. The highest BCUT2D eigenvalue weighted by molar-refractivity contribution is 5.93. The van der Waals surface area contributed by atoms with E-state index < -0.39 is 11.9 Å². The van der Waals surface area contributed by atoms with Gasteiger partial charge in [0, 0.05) is 12.7 Å². The Labute approximate surface area is 101 Å². The molecule has 8 nitrogen and oxygen atoms in total. The number of furan rings is 1. The number of rotatable bonds is 5. The summed E-state index contributed by atoms with van der Waals surface area (Å²) in [5.74, 6) is -1.98. The molecule has 8 heteroatoms. The van der Waals surface area contributed by atoms with Crippen LogP contribution in [0.3, 0.4) is 0 Å². The molecule has 2 aromatic rings. The topological polar surface area (TPSA) is 110 Å². The Morgan fingerprint density at radius 3 is 2.78 bits per heavy atom. The number of hydrogen-bond acceptors (Lipinski definition) is 5. The van der Waals surface area contributed by atoms with Crippen LogP contribution < -0.4 is 5.32 Å². The van der Waals surface area contributed by atoms with Crippen molar-refractivity contribution in [3.05, 3.63) is 36.0 Å². The number of carbonyl (C=O) groups is 2. The second kappa shape index (κ2) is 5.13. The monoisotopic (exact) mass is 250 g/mol. The Morgan fingerprint density at radius 2 is 2.17 bits per heavy atom. The minimum absolute atomic E-state index is 0.0361. The highest BCUT2D eigenvalue weighted by Crippen LogP contribution is 2.07. The molecule has 0 saturated carbocycles. The fourth-order valence-electron chi connectivity index (χ4n) is 1.30. The van der Waals surface area contributed by atoms with Crippen molar-refractivity contribution in [1.29, 1.82) is 0 Å². The Balaban J connectivity index is 1.85. The van der Waals surface area contributed by atoms with Crippen molar-refractivity contribution in [1.82, 2.24) is 20.3 Å². The molecule has 0 aliphatic rings. The fourth-order valence-corrected chi connectivity index (χ4v) is 1.30. The molecule has 0 radical (unpaired) electrons. The average Bonchev–Trinajstić information content (AvgIpc) is 2.99. The van der Waals surface area contributed by atoms with Crippen molar-refractivity contribution < 1.29 is 19.1 Å². The lowest BCUT2D eigenvalue weighted by atomic mass is 10.4. The van der Waals surface area contributed by atoms with Gasteiger partial charge in [-0.15, -0.1) is 5.10 Å². The van der Waals surface area contributed by atoms with Crippen molar-refractivity contribution in [3.63, 3.8) is 0 Å². The standard InChI is InChI=1S/C10H10N4O4/c15-9(7-1-2-8(18-7)10(16)17)11-3-5-14-6-4-12-13-14/h1-2,4,6H,3,5H2,(H,11,15)(H,16,17). The highest BCUT2D eigenvalue weighted by Gasteiger charge is 2.14. The van der Waals surface area contributed by atoms with E-state index in [-0.39, 0.29) is 11.5 Å². The molecule has 0 saturated heterocycles. The highest BCUT2D eigenvalue weighted by atomic mass is 16.4. The number of nitrogens with one attached hydrogen (secondary N) is 1. The van der Waals surface area contributed by atoms with Crippen molar-refractivity contribution in [3.8, 4) is 0 Å². The molecule has 18 heavy (non-hydrogen) atoms. The Bertz CT molecular complexity index is 546. The second-order valence-electron chi connectivity index (χ2n) is 3.39. The van der Waals surface area contributed by atoms with E-state index in [9.17, 15) is 9.59 Å². The van der Waals surface area contributed by atoms with Crippen molar-refractivity contribution >= 4 is 11.9 Å². The zero-order chi connectivity index (χ0) is 13.0. The van der Waals surface area contributed by atoms with Gasteiger partial charge in [-0.25, -0.2) is 4.79 Å². The Morgan fingerprint density at radius 1 is 1.39 bits per heavy atom. The molecular formula is C10H10N4O4. The summed E-state index contributed by atoms with van der Waals surface area (Å²) in [6.07, 6.45) is 3.20. The number of carboxylic acid groups (broad SMARTS) is 1. The summed E-state index contributed by atoms with van der Waals surface area (Å²) < 4.78 is 6.41. The average molecular weight is 250 g/mol. The molecule has 1 amide bonds. The van der Waals surface area contributed by atoms with Gasteiger partial charge in [0.15, 0.2) is 5.76 Å². The number of aromatic nitrogens is 3. The van der Waals surface area contributed by atoms with Crippen LogP contribution in [0.4, 0.5) is 0 Å². The number of aromatic carboxylic acids is 1. The van der Waals surface area contributed by atoms with Crippen LogP contribution in [0.5, 0.6) is 0 Å².